The molecule has 2 rings (SSSR count). The van der Waals surface area contributed by atoms with E-state index in [1.807, 2.05) is 30.3 Å². The third-order valence-electron chi connectivity index (χ3n) is 3.26. The number of aliphatic hydroxyl groups is 1. The molecular weight excluding hydrogens is 242 g/mol. The van der Waals surface area contributed by atoms with E-state index in [1.165, 1.54) is 4.90 Å². The maximum absolute atomic E-state index is 11.9. The first-order valence-electron chi connectivity index (χ1n) is 6.30. The number of hydrogen-bond acceptors (Lipinski definition) is 3. The van der Waals surface area contributed by atoms with Crippen LogP contribution < -0.4 is 0 Å². The quantitative estimate of drug-likeness (QED) is 0.821. The normalized spacial score (nSPS) is 22.6. The number of benzene rings is 1. The van der Waals surface area contributed by atoms with E-state index < -0.39 is 12.2 Å². The van der Waals surface area contributed by atoms with Crippen LogP contribution >= 0.6 is 0 Å². The molecule has 0 spiro atoms. The van der Waals surface area contributed by atoms with Gasteiger partial charge in [0.1, 0.15) is 6.61 Å². The lowest BCUT2D eigenvalue weighted by Gasteiger charge is -2.32. The summed E-state index contributed by atoms with van der Waals surface area (Å²) in [6, 6.07) is 9.49. The number of β-amino-alcohol motifs (C(OH)–C–C–N with tert-alkyl or cyclic N) is 1. The lowest BCUT2D eigenvalue weighted by molar-refractivity contribution is 0.0292. The minimum atomic E-state index is -0.664. The number of likely N-dealkylation sites (tertiary alicyclic amines) is 1. The maximum atomic E-state index is 11.9. The molecule has 0 aliphatic carbocycles. The Bertz CT molecular complexity index is 466. The Hall–Kier alpha value is -1.99. The number of piperidine rings is 1. The molecule has 1 heterocycles. The number of nitrogens with zero attached hydrogens (tertiary/aromatic N) is 1. The van der Waals surface area contributed by atoms with Crippen molar-refractivity contribution in [1.29, 1.82) is 0 Å². The Morgan fingerprint density at radius 2 is 2.21 bits per heavy atom. The number of amides is 1. The summed E-state index contributed by atoms with van der Waals surface area (Å²) in [5, 5.41) is 9.78. The molecule has 4 nitrogen and oxygen atoms in total. The fourth-order valence-corrected chi connectivity index (χ4v) is 2.10. The van der Waals surface area contributed by atoms with Crippen LogP contribution in [0.4, 0.5) is 4.79 Å². The lowest BCUT2D eigenvalue weighted by Crippen LogP contribution is -2.46. The average molecular weight is 259 g/mol. The van der Waals surface area contributed by atoms with Crippen molar-refractivity contribution < 1.29 is 14.6 Å². The summed E-state index contributed by atoms with van der Waals surface area (Å²) in [6.45, 7) is 1.01. The minimum Gasteiger partial charge on any atom is -0.445 e. The molecule has 0 radical (unpaired) electrons. The molecule has 1 saturated heterocycles. The highest BCUT2D eigenvalue weighted by molar-refractivity contribution is 5.67. The highest BCUT2D eigenvalue weighted by atomic mass is 16.6. The summed E-state index contributed by atoms with van der Waals surface area (Å²) in [5.41, 5.74) is 0.940. The molecule has 1 aliphatic rings. The minimum absolute atomic E-state index is 0.168. The lowest BCUT2D eigenvalue weighted by atomic mass is 9.95. The van der Waals surface area contributed by atoms with Gasteiger partial charge in [0.15, 0.2) is 0 Å². The second-order valence-corrected chi connectivity index (χ2v) is 4.62. The zero-order valence-electron chi connectivity index (χ0n) is 10.7. The van der Waals surface area contributed by atoms with Crippen LogP contribution in [0.25, 0.3) is 0 Å². The van der Waals surface area contributed by atoms with E-state index in [2.05, 4.69) is 5.92 Å². The highest BCUT2D eigenvalue weighted by Gasteiger charge is 2.29. The van der Waals surface area contributed by atoms with E-state index in [-0.39, 0.29) is 19.1 Å². The zero-order valence-corrected chi connectivity index (χ0v) is 10.7. The fourth-order valence-electron chi connectivity index (χ4n) is 2.10. The summed E-state index contributed by atoms with van der Waals surface area (Å²) in [7, 11) is 0. The largest absolute Gasteiger partial charge is 0.445 e. The summed E-state index contributed by atoms with van der Waals surface area (Å²) in [5.74, 6) is 2.37. The van der Waals surface area contributed by atoms with Gasteiger partial charge in [-0.2, -0.15) is 0 Å². The van der Waals surface area contributed by atoms with Gasteiger partial charge in [-0.05, 0) is 12.0 Å². The molecule has 4 heteroatoms. The predicted molar refractivity (Wildman–Crippen MR) is 71.1 cm³/mol. The van der Waals surface area contributed by atoms with Crippen molar-refractivity contribution in [2.24, 2.45) is 5.92 Å². The van der Waals surface area contributed by atoms with Crippen LogP contribution in [0.5, 0.6) is 0 Å². The van der Waals surface area contributed by atoms with Crippen LogP contribution in [0.2, 0.25) is 0 Å². The predicted octanol–water partition coefficient (Wildman–Crippen LogP) is 1.64. The van der Waals surface area contributed by atoms with Crippen molar-refractivity contribution in [3.05, 3.63) is 35.9 Å². The molecule has 19 heavy (non-hydrogen) atoms. The molecule has 1 aromatic rings. The molecule has 0 aromatic heterocycles. The number of terminal acetylenes is 1. The fraction of sp³-hybridized carbons (Fsp3) is 0.400. The van der Waals surface area contributed by atoms with Crippen LogP contribution in [0.1, 0.15) is 12.0 Å². The van der Waals surface area contributed by atoms with Crippen molar-refractivity contribution in [2.75, 3.05) is 13.1 Å². The second kappa shape index (κ2) is 6.26. The number of carbonyl (C=O) groups excluding carboxylic acids is 1. The molecule has 2 atom stereocenters. The van der Waals surface area contributed by atoms with Crippen LogP contribution in [-0.2, 0) is 11.3 Å². The second-order valence-electron chi connectivity index (χ2n) is 4.62. The summed E-state index contributed by atoms with van der Waals surface area (Å²) < 4.78 is 5.21. The van der Waals surface area contributed by atoms with Crippen molar-refractivity contribution in [1.82, 2.24) is 4.90 Å². The molecule has 0 unspecified atom stereocenters. The van der Waals surface area contributed by atoms with Crippen LogP contribution in [0, 0.1) is 18.3 Å². The number of carbonyl (C=O) groups is 1. The van der Waals surface area contributed by atoms with Crippen molar-refractivity contribution >= 4 is 6.09 Å². The number of ether oxygens (including phenoxy) is 1. The van der Waals surface area contributed by atoms with E-state index in [0.717, 1.165) is 5.56 Å². The van der Waals surface area contributed by atoms with Crippen molar-refractivity contribution in [3.8, 4) is 12.3 Å². The van der Waals surface area contributed by atoms with Crippen LogP contribution in [-0.4, -0.2) is 35.3 Å². The number of hydrogen-bond donors (Lipinski definition) is 1. The maximum Gasteiger partial charge on any atom is 0.410 e. The Morgan fingerprint density at radius 3 is 2.84 bits per heavy atom. The van der Waals surface area contributed by atoms with E-state index in [4.69, 9.17) is 11.2 Å². The molecular formula is C15H17NO3. The standard InChI is InChI=1S/C15H17NO3/c1-2-13-8-9-16(10-14(13)17)15(18)19-11-12-6-4-3-5-7-12/h1,3-7,13-14,17H,8-11H2/t13-,14-/m0/s1. The average Bonchev–Trinajstić information content (AvgIpc) is 2.45. The van der Waals surface area contributed by atoms with Gasteiger partial charge in [-0.15, -0.1) is 12.3 Å². The molecule has 0 bridgehead atoms. The Balaban J connectivity index is 1.83. The van der Waals surface area contributed by atoms with Crippen molar-refractivity contribution in [2.45, 2.75) is 19.1 Å². The Morgan fingerprint density at radius 1 is 1.47 bits per heavy atom. The third kappa shape index (κ3) is 3.49. The monoisotopic (exact) mass is 259 g/mol. The molecule has 1 aromatic carbocycles. The molecule has 1 aliphatic heterocycles. The van der Waals surface area contributed by atoms with Gasteiger partial charge in [0.2, 0.25) is 0 Å². The first-order valence-corrected chi connectivity index (χ1v) is 6.30. The first kappa shape index (κ1) is 13.4. The van der Waals surface area contributed by atoms with Gasteiger partial charge >= 0.3 is 6.09 Å². The van der Waals surface area contributed by atoms with Crippen LogP contribution in [0.3, 0.4) is 0 Å². The van der Waals surface area contributed by atoms with E-state index in [0.29, 0.717) is 13.0 Å². The number of aliphatic hydroxyl groups excluding tert-OH is 1. The van der Waals surface area contributed by atoms with Gasteiger partial charge in [-0.3, -0.25) is 0 Å². The van der Waals surface area contributed by atoms with Gasteiger partial charge < -0.3 is 14.7 Å². The van der Waals surface area contributed by atoms with Gasteiger partial charge in [-0.1, -0.05) is 30.3 Å². The molecule has 1 fully saturated rings. The topological polar surface area (TPSA) is 49.8 Å². The number of rotatable bonds is 2. The Labute approximate surface area is 113 Å². The summed E-state index contributed by atoms with van der Waals surface area (Å²) >= 11 is 0. The van der Waals surface area contributed by atoms with E-state index in [9.17, 15) is 9.90 Å². The van der Waals surface area contributed by atoms with Crippen molar-refractivity contribution in [3.63, 3.8) is 0 Å². The molecule has 1 N–H and O–H groups in total. The van der Waals surface area contributed by atoms with Gasteiger partial charge in [-0.25, -0.2) is 4.79 Å². The molecule has 100 valence electrons. The van der Waals surface area contributed by atoms with E-state index in [1.54, 1.807) is 0 Å². The SMILES string of the molecule is C#C[C@H]1CCN(C(=O)OCc2ccccc2)C[C@@H]1O. The first-order chi connectivity index (χ1) is 9.20. The van der Waals surface area contributed by atoms with Crippen LogP contribution in [0.15, 0.2) is 30.3 Å². The van der Waals surface area contributed by atoms with E-state index >= 15 is 0 Å². The summed E-state index contributed by atoms with van der Waals surface area (Å²) in [6.07, 6.45) is 4.85. The molecule has 1 amide bonds. The summed E-state index contributed by atoms with van der Waals surface area (Å²) in [4.78, 5) is 13.4. The third-order valence-corrected chi connectivity index (χ3v) is 3.26. The Kier molecular flexibility index (Phi) is 4.43. The smallest absolute Gasteiger partial charge is 0.410 e. The molecule has 0 saturated carbocycles. The van der Waals surface area contributed by atoms with Gasteiger partial charge in [0, 0.05) is 12.5 Å². The van der Waals surface area contributed by atoms with Gasteiger partial charge in [0.25, 0.3) is 0 Å². The zero-order chi connectivity index (χ0) is 13.7. The highest BCUT2D eigenvalue weighted by Crippen LogP contribution is 2.17. The van der Waals surface area contributed by atoms with Gasteiger partial charge in [0.05, 0.1) is 12.6 Å².